The molecule has 0 bridgehead atoms. The van der Waals surface area contributed by atoms with Gasteiger partial charge in [0.15, 0.2) is 0 Å². The Balaban J connectivity index is 2.53. The van der Waals surface area contributed by atoms with Crippen LogP contribution < -0.4 is 0 Å². The zero-order chi connectivity index (χ0) is 11.5. The van der Waals surface area contributed by atoms with Crippen LogP contribution in [0.2, 0.25) is 0 Å². The Morgan fingerprint density at radius 1 is 1.50 bits per heavy atom. The number of H-pyrrole nitrogens is 1. The average Bonchev–Trinajstić information content (AvgIpc) is 2.69. The van der Waals surface area contributed by atoms with Crippen molar-refractivity contribution in [2.24, 2.45) is 0 Å². The van der Waals surface area contributed by atoms with Gasteiger partial charge in [-0.15, -0.1) is 0 Å². The van der Waals surface area contributed by atoms with Gasteiger partial charge in [0.2, 0.25) is 0 Å². The molecule has 1 aromatic carbocycles. The highest BCUT2D eigenvalue weighted by molar-refractivity contribution is 5.94. The third-order valence-corrected chi connectivity index (χ3v) is 2.62. The molecule has 0 saturated heterocycles. The van der Waals surface area contributed by atoms with Crippen molar-refractivity contribution in [3.8, 4) is 0 Å². The van der Waals surface area contributed by atoms with Gasteiger partial charge in [-0.2, -0.15) is 0 Å². The molecule has 2 N–H and O–H groups in total. The predicted molar refractivity (Wildman–Crippen MR) is 64.3 cm³/mol. The summed E-state index contributed by atoms with van der Waals surface area (Å²) in [6.45, 7) is 2.10. The third kappa shape index (κ3) is 1.84. The number of carboxylic acids is 1. The third-order valence-electron chi connectivity index (χ3n) is 2.62. The summed E-state index contributed by atoms with van der Waals surface area (Å²) in [5, 5.41) is 9.65. The van der Waals surface area contributed by atoms with E-state index in [1.165, 1.54) is 5.56 Å². The van der Waals surface area contributed by atoms with Gasteiger partial charge >= 0.3 is 5.97 Å². The molecule has 0 amide bonds. The highest BCUT2D eigenvalue weighted by Gasteiger charge is 2.04. The first-order valence-corrected chi connectivity index (χ1v) is 5.22. The van der Waals surface area contributed by atoms with Crippen LogP contribution in [0.3, 0.4) is 0 Å². The predicted octanol–water partition coefficient (Wildman–Crippen LogP) is 2.83. The number of fused-ring (bicyclic) bond motifs is 1. The maximum atomic E-state index is 10.5. The van der Waals surface area contributed by atoms with Crippen LogP contribution in [-0.2, 0) is 11.2 Å². The largest absolute Gasteiger partial charge is 0.478 e. The Morgan fingerprint density at radius 3 is 3.00 bits per heavy atom. The highest BCUT2D eigenvalue weighted by atomic mass is 16.4. The monoisotopic (exact) mass is 215 g/mol. The maximum absolute atomic E-state index is 10.5. The number of para-hydroxylation sites is 1. The second kappa shape index (κ2) is 4.23. The molecule has 0 aliphatic heterocycles. The molecule has 2 rings (SSSR count). The van der Waals surface area contributed by atoms with Crippen LogP contribution in [0, 0.1) is 0 Å². The average molecular weight is 215 g/mol. The quantitative estimate of drug-likeness (QED) is 0.773. The second-order valence-electron chi connectivity index (χ2n) is 3.61. The number of aryl methyl sites for hydroxylation is 1. The molecule has 1 aromatic heterocycles. The number of hydrogen-bond donors (Lipinski definition) is 2. The Morgan fingerprint density at radius 2 is 2.31 bits per heavy atom. The van der Waals surface area contributed by atoms with Gasteiger partial charge in [0.1, 0.15) is 0 Å². The van der Waals surface area contributed by atoms with Gasteiger partial charge in [0.05, 0.1) is 0 Å². The zero-order valence-corrected chi connectivity index (χ0v) is 9.03. The van der Waals surface area contributed by atoms with E-state index >= 15 is 0 Å². The van der Waals surface area contributed by atoms with E-state index in [0.29, 0.717) is 0 Å². The van der Waals surface area contributed by atoms with Crippen molar-refractivity contribution < 1.29 is 9.90 Å². The summed E-state index contributed by atoms with van der Waals surface area (Å²) >= 11 is 0. The molecule has 1 heterocycles. The number of carboxylic acid groups (broad SMARTS) is 1. The fourth-order valence-electron chi connectivity index (χ4n) is 1.83. The number of aliphatic carboxylic acids is 1. The number of aromatic nitrogens is 1. The van der Waals surface area contributed by atoms with Crippen molar-refractivity contribution in [2.45, 2.75) is 13.3 Å². The van der Waals surface area contributed by atoms with Crippen LogP contribution in [0.4, 0.5) is 0 Å². The summed E-state index contributed by atoms with van der Waals surface area (Å²) in [6, 6.07) is 6.06. The van der Waals surface area contributed by atoms with Crippen LogP contribution in [0.1, 0.15) is 18.1 Å². The standard InChI is InChI=1S/C13H13NO2/c1-2-9-4-3-5-11-10(6-7-12(15)16)8-14-13(9)11/h3-8,14H,2H2,1H3,(H,15,16)/b7-6-. The minimum Gasteiger partial charge on any atom is -0.478 e. The molecule has 16 heavy (non-hydrogen) atoms. The lowest BCUT2D eigenvalue weighted by Gasteiger charge is -1.98. The molecule has 2 aromatic rings. The maximum Gasteiger partial charge on any atom is 0.328 e. The normalized spacial score (nSPS) is 11.3. The number of hydrogen-bond acceptors (Lipinski definition) is 1. The first-order valence-electron chi connectivity index (χ1n) is 5.22. The Hall–Kier alpha value is -2.03. The van der Waals surface area contributed by atoms with Crippen molar-refractivity contribution in [2.75, 3.05) is 0 Å². The SMILES string of the molecule is CCc1cccc2c(/C=C\C(=O)O)c[nH]c12. The summed E-state index contributed by atoms with van der Waals surface area (Å²) in [5.41, 5.74) is 3.25. The Bertz CT molecular complexity index is 552. The van der Waals surface area contributed by atoms with Crippen LogP contribution in [0.15, 0.2) is 30.5 Å². The van der Waals surface area contributed by atoms with E-state index in [1.807, 2.05) is 18.3 Å². The Labute approximate surface area is 93.4 Å². The topological polar surface area (TPSA) is 53.1 Å². The van der Waals surface area contributed by atoms with E-state index in [-0.39, 0.29) is 0 Å². The molecular formula is C13H13NO2. The van der Waals surface area contributed by atoms with Crippen molar-refractivity contribution in [1.29, 1.82) is 0 Å². The Kier molecular flexibility index (Phi) is 2.77. The van der Waals surface area contributed by atoms with Gasteiger partial charge in [0.25, 0.3) is 0 Å². The van der Waals surface area contributed by atoms with Gasteiger partial charge in [-0.25, -0.2) is 4.79 Å². The smallest absolute Gasteiger partial charge is 0.328 e. The van der Waals surface area contributed by atoms with E-state index < -0.39 is 5.97 Å². The molecule has 82 valence electrons. The van der Waals surface area contributed by atoms with E-state index in [2.05, 4.69) is 18.0 Å². The van der Waals surface area contributed by atoms with E-state index in [4.69, 9.17) is 5.11 Å². The van der Waals surface area contributed by atoms with Crippen LogP contribution in [0.25, 0.3) is 17.0 Å². The zero-order valence-electron chi connectivity index (χ0n) is 9.03. The lowest BCUT2D eigenvalue weighted by Crippen LogP contribution is -1.85. The molecule has 0 saturated carbocycles. The van der Waals surface area contributed by atoms with E-state index in [1.54, 1.807) is 6.08 Å². The number of aromatic amines is 1. The van der Waals surface area contributed by atoms with Crippen LogP contribution in [-0.4, -0.2) is 16.1 Å². The molecule has 0 fully saturated rings. The summed E-state index contributed by atoms with van der Waals surface area (Å²) in [5.74, 6) is -0.930. The molecule has 3 heteroatoms. The van der Waals surface area contributed by atoms with Crippen molar-refractivity contribution in [1.82, 2.24) is 4.98 Å². The molecular weight excluding hydrogens is 202 g/mol. The summed E-state index contributed by atoms with van der Waals surface area (Å²) in [7, 11) is 0. The fraction of sp³-hybridized carbons (Fsp3) is 0.154. The van der Waals surface area contributed by atoms with Crippen LogP contribution in [0.5, 0.6) is 0 Å². The summed E-state index contributed by atoms with van der Waals surface area (Å²) in [6.07, 6.45) is 5.56. The molecule has 0 radical (unpaired) electrons. The summed E-state index contributed by atoms with van der Waals surface area (Å²) in [4.78, 5) is 13.6. The minimum absolute atomic E-state index is 0.910. The van der Waals surface area contributed by atoms with Gasteiger partial charge in [-0.1, -0.05) is 25.1 Å². The molecule has 0 aliphatic rings. The van der Waals surface area contributed by atoms with E-state index in [9.17, 15) is 4.79 Å². The lowest BCUT2D eigenvalue weighted by atomic mass is 10.1. The van der Waals surface area contributed by atoms with Crippen molar-refractivity contribution in [3.63, 3.8) is 0 Å². The van der Waals surface area contributed by atoms with Crippen molar-refractivity contribution >= 4 is 22.9 Å². The van der Waals surface area contributed by atoms with Crippen LogP contribution >= 0.6 is 0 Å². The molecule has 0 spiro atoms. The molecule has 0 unspecified atom stereocenters. The minimum atomic E-state index is -0.930. The lowest BCUT2D eigenvalue weighted by molar-refractivity contribution is -0.131. The number of nitrogens with one attached hydrogen (secondary N) is 1. The fourth-order valence-corrected chi connectivity index (χ4v) is 1.83. The highest BCUT2D eigenvalue weighted by Crippen LogP contribution is 2.22. The first-order chi connectivity index (χ1) is 7.72. The number of carbonyl (C=O) groups is 1. The summed E-state index contributed by atoms with van der Waals surface area (Å²) < 4.78 is 0. The molecule has 3 nitrogen and oxygen atoms in total. The van der Waals surface area contributed by atoms with Gasteiger partial charge in [0, 0.05) is 28.7 Å². The van der Waals surface area contributed by atoms with Gasteiger partial charge in [-0.05, 0) is 18.1 Å². The molecule has 0 aliphatic carbocycles. The number of benzene rings is 1. The van der Waals surface area contributed by atoms with Gasteiger partial charge < -0.3 is 10.1 Å². The van der Waals surface area contributed by atoms with Gasteiger partial charge in [-0.3, -0.25) is 0 Å². The first kappa shape index (κ1) is 10.5. The second-order valence-corrected chi connectivity index (χ2v) is 3.61. The van der Waals surface area contributed by atoms with E-state index in [0.717, 1.165) is 29.0 Å². The number of rotatable bonds is 3. The van der Waals surface area contributed by atoms with Crippen molar-refractivity contribution in [3.05, 3.63) is 41.6 Å². The molecule has 0 atom stereocenters.